The van der Waals surface area contributed by atoms with Crippen molar-refractivity contribution in [1.29, 1.82) is 0 Å². The van der Waals surface area contributed by atoms with Crippen molar-refractivity contribution in [2.24, 2.45) is 0 Å². The molecule has 20 heavy (non-hydrogen) atoms. The van der Waals surface area contributed by atoms with E-state index in [1.807, 2.05) is 0 Å². The molecule has 0 aliphatic carbocycles. The van der Waals surface area contributed by atoms with E-state index in [2.05, 4.69) is 4.98 Å². The number of aromatic hydroxyl groups is 1. The third-order valence-electron chi connectivity index (χ3n) is 2.92. The quantitative estimate of drug-likeness (QED) is 0.846. The number of fused-ring (bicyclic) bond motifs is 1. The van der Waals surface area contributed by atoms with Gasteiger partial charge in [0, 0.05) is 23.2 Å². The van der Waals surface area contributed by atoms with E-state index >= 15 is 0 Å². The summed E-state index contributed by atoms with van der Waals surface area (Å²) < 4.78 is 4.85. The molecule has 2 rings (SSSR count). The van der Waals surface area contributed by atoms with Crippen LogP contribution in [0, 0.1) is 0 Å². The zero-order chi connectivity index (χ0) is 14.7. The molecule has 5 nitrogen and oxygen atoms in total. The van der Waals surface area contributed by atoms with Gasteiger partial charge in [0.25, 0.3) is 0 Å². The van der Waals surface area contributed by atoms with Crippen LogP contribution in [0.15, 0.2) is 18.3 Å². The summed E-state index contributed by atoms with van der Waals surface area (Å²) in [4.78, 5) is 15.9. The van der Waals surface area contributed by atoms with Crippen molar-refractivity contribution in [3.8, 4) is 5.75 Å². The topological polar surface area (TPSA) is 79.7 Å². The fourth-order valence-corrected chi connectivity index (χ4v) is 2.24. The molecule has 0 bridgehead atoms. The average molecular weight is 296 g/mol. The van der Waals surface area contributed by atoms with E-state index < -0.39 is 5.97 Å². The number of esters is 1. The van der Waals surface area contributed by atoms with Crippen molar-refractivity contribution in [3.05, 3.63) is 34.5 Å². The van der Waals surface area contributed by atoms with Crippen molar-refractivity contribution in [2.45, 2.75) is 13.3 Å². The Morgan fingerprint density at radius 3 is 2.85 bits per heavy atom. The van der Waals surface area contributed by atoms with E-state index in [1.165, 1.54) is 6.20 Å². The molecule has 6 heteroatoms. The van der Waals surface area contributed by atoms with Crippen LogP contribution in [-0.2, 0) is 11.2 Å². The first-order chi connectivity index (χ1) is 9.60. The first-order valence-corrected chi connectivity index (χ1v) is 6.55. The van der Waals surface area contributed by atoms with Crippen LogP contribution in [0.3, 0.4) is 0 Å². The summed E-state index contributed by atoms with van der Waals surface area (Å²) in [6.07, 6.45) is 1.58. The highest BCUT2D eigenvalue weighted by molar-refractivity contribution is 6.32. The monoisotopic (exact) mass is 295 g/mol. The molecule has 0 atom stereocenters. The van der Waals surface area contributed by atoms with Gasteiger partial charge in [0.2, 0.25) is 0 Å². The van der Waals surface area contributed by atoms with Crippen LogP contribution >= 0.6 is 11.6 Å². The zero-order valence-electron chi connectivity index (χ0n) is 10.9. The SMILES string of the molecule is CCOC(=O)c1cnc2c(CCO)c(Cl)ccc2c1O. The minimum Gasteiger partial charge on any atom is -0.506 e. The van der Waals surface area contributed by atoms with Crippen molar-refractivity contribution in [2.75, 3.05) is 13.2 Å². The van der Waals surface area contributed by atoms with Crippen LogP contribution in [0.25, 0.3) is 10.9 Å². The van der Waals surface area contributed by atoms with Crippen LogP contribution in [0.2, 0.25) is 5.02 Å². The number of carbonyl (C=O) groups is 1. The molecular formula is C14H14ClNO4. The van der Waals surface area contributed by atoms with Gasteiger partial charge in [-0.15, -0.1) is 0 Å². The smallest absolute Gasteiger partial charge is 0.343 e. The number of rotatable bonds is 4. The number of benzene rings is 1. The van der Waals surface area contributed by atoms with Crippen LogP contribution in [0.1, 0.15) is 22.8 Å². The van der Waals surface area contributed by atoms with E-state index in [4.69, 9.17) is 21.4 Å². The number of hydrogen-bond donors (Lipinski definition) is 2. The number of hydrogen-bond acceptors (Lipinski definition) is 5. The van der Waals surface area contributed by atoms with Crippen LogP contribution in [0.4, 0.5) is 0 Å². The summed E-state index contributed by atoms with van der Waals surface area (Å²) in [6.45, 7) is 1.82. The number of aliphatic hydroxyl groups excluding tert-OH is 1. The molecule has 0 fully saturated rings. The van der Waals surface area contributed by atoms with Gasteiger partial charge in [-0.05, 0) is 31.0 Å². The Kier molecular flexibility index (Phi) is 4.42. The molecule has 0 saturated carbocycles. The molecule has 0 spiro atoms. The fraction of sp³-hybridized carbons (Fsp3) is 0.286. The normalized spacial score (nSPS) is 10.8. The van der Waals surface area contributed by atoms with Gasteiger partial charge < -0.3 is 14.9 Å². The molecule has 1 aromatic heterocycles. The highest BCUT2D eigenvalue weighted by atomic mass is 35.5. The third-order valence-corrected chi connectivity index (χ3v) is 3.27. The molecule has 1 heterocycles. The number of halogens is 1. The third kappa shape index (κ3) is 2.55. The molecule has 0 unspecified atom stereocenters. The lowest BCUT2D eigenvalue weighted by atomic mass is 10.0. The maximum atomic E-state index is 11.7. The fourth-order valence-electron chi connectivity index (χ4n) is 1.99. The predicted octanol–water partition coefficient (Wildman–Crippen LogP) is 2.31. The lowest BCUT2D eigenvalue weighted by Crippen LogP contribution is -2.06. The first kappa shape index (κ1) is 14.6. The number of aliphatic hydroxyl groups is 1. The Hall–Kier alpha value is -1.85. The largest absolute Gasteiger partial charge is 0.506 e. The first-order valence-electron chi connectivity index (χ1n) is 6.17. The van der Waals surface area contributed by atoms with Crippen LogP contribution < -0.4 is 0 Å². The van der Waals surface area contributed by atoms with Gasteiger partial charge in [-0.3, -0.25) is 4.98 Å². The Morgan fingerprint density at radius 1 is 1.45 bits per heavy atom. The molecular weight excluding hydrogens is 282 g/mol. The molecule has 2 N–H and O–H groups in total. The van der Waals surface area contributed by atoms with Gasteiger partial charge in [-0.25, -0.2) is 4.79 Å². The van der Waals surface area contributed by atoms with Crippen molar-refractivity contribution >= 4 is 28.5 Å². The van der Waals surface area contributed by atoms with Crippen LogP contribution in [-0.4, -0.2) is 34.4 Å². The van der Waals surface area contributed by atoms with E-state index in [9.17, 15) is 9.90 Å². The Labute approximate surface area is 120 Å². The number of pyridine rings is 1. The lowest BCUT2D eigenvalue weighted by molar-refractivity contribution is 0.0523. The second-order valence-electron chi connectivity index (χ2n) is 4.14. The lowest BCUT2D eigenvalue weighted by Gasteiger charge is -2.10. The minimum atomic E-state index is -0.627. The molecule has 0 amide bonds. The Balaban J connectivity index is 2.63. The summed E-state index contributed by atoms with van der Waals surface area (Å²) in [6, 6.07) is 3.19. The van der Waals surface area contributed by atoms with E-state index in [0.717, 1.165) is 0 Å². The summed E-state index contributed by atoms with van der Waals surface area (Å²) in [7, 11) is 0. The second-order valence-corrected chi connectivity index (χ2v) is 4.54. The average Bonchev–Trinajstić information content (AvgIpc) is 2.42. The highest BCUT2D eigenvalue weighted by Gasteiger charge is 2.18. The predicted molar refractivity (Wildman–Crippen MR) is 75.2 cm³/mol. The van der Waals surface area contributed by atoms with Crippen molar-refractivity contribution in [3.63, 3.8) is 0 Å². The Bertz CT molecular complexity index is 657. The molecule has 1 aromatic carbocycles. The molecule has 0 radical (unpaired) electrons. The van der Waals surface area contributed by atoms with Gasteiger partial charge >= 0.3 is 5.97 Å². The molecule has 106 valence electrons. The van der Waals surface area contributed by atoms with Gasteiger partial charge in [-0.1, -0.05) is 11.6 Å². The summed E-state index contributed by atoms with van der Waals surface area (Å²) in [5.41, 5.74) is 1.12. The zero-order valence-corrected chi connectivity index (χ0v) is 11.6. The van der Waals surface area contributed by atoms with Crippen molar-refractivity contribution in [1.82, 2.24) is 4.98 Å². The maximum absolute atomic E-state index is 11.7. The van der Waals surface area contributed by atoms with E-state index in [0.29, 0.717) is 27.9 Å². The van der Waals surface area contributed by atoms with Gasteiger partial charge in [0.05, 0.1) is 12.1 Å². The van der Waals surface area contributed by atoms with Crippen LogP contribution in [0.5, 0.6) is 5.75 Å². The molecule has 0 aliphatic rings. The van der Waals surface area contributed by atoms with Gasteiger partial charge in [0.15, 0.2) is 0 Å². The standard InChI is InChI=1S/C14H14ClNO4/c1-2-20-14(19)10-7-16-12-8(5-6-17)11(15)4-3-9(12)13(10)18/h3-4,7,17H,2,5-6H2,1H3,(H,16,18). The Morgan fingerprint density at radius 2 is 2.20 bits per heavy atom. The number of ether oxygens (including phenoxy) is 1. The van der Waals surface area contributed by atoms with E-state index in [1.54, 1.807) is 19.1 Å². The molecule has 0 saturated heterocycles. The maximum Gasteiger partial charge on any atom is 0.343 e. The number of carbonyl (C=O) groups excluding carboxylic acids is 1. The van der Waals surface area contributed by atoms with Gasteiger partial charge in [0.1, 0.15) is 11.3 Å². The number of nitrogens with zero attached hydrogens (tertiary/aromatic N) is 1. The summed E-state index contributed by atoms with van der Waals surface area (Å²) in [5, 5.41) is 20.1. The number of aromatic nitrogens is 1. The summed E-state index contributed by atoms with van der Waals surface area (Å²) >= 11 is 6.06. The molecule has 0 aliphatic heterocycles. The van der Waals surface area contributed by atoms with E-state index in [-0.39, 0.29) is 24.5 Å². The van der Waals surface area contributed by atoms with Crippen molar-refractivity contribution < 1.29 is 19.7 Å². The molecule has 2 aromatic rings. The highest BCUT2D eigenvalue weighted by Crippen LogP contribution is 2.32. The second kappa shape index (κ2) is 6.07. The summed E-state index contributed by atoms with van der Waals surface area (Å²) in [5.74, 6) is -0.817. The van der Waals surface area contributed by atoms with Gasteiger partial charge in [-0.2, -0.15) is 0 Å². The minimum absolute atomic E-state index is 0.0108.